The van der Waals surface area contributed by atoms with Crippen molar-refractivity contribution in [2.24, 2.45) is 0 Å². The molecule has 0 bridgehead atoms. The molecule has 0 aliphatic heterocycles. The van der Waals surface area contributed by atoms with E-state index in [9.17, 15) is 4.39 Å². The third-order valence-corrected chi connectivity index (χ3v) is 3.63. The van der Waals surface area contributed by atoms with Crippen molar-refractivity contribution < 1.29 is 4.39 Å². The summed E-state index contributed by atoms with van der Waals surface area (Å²) in [5, 5.41) is 3.32. The van der Waals surface area contributed by atoms with Gasteiger partial charge in [-0.05, 0) is 37.2 Å². The van der Waals surface area contributed by atoms with Gasteiger partial charge in [0.05, 0.1) is 5.69 Å². The van der Waals surface area contributed by atoms with Crippen LogP contribution in [0.1, 0.15) is 17.2 Å². The molecule has 0 amide bonds. The van der Waals surface area contributed by atoms with E-state index in [0.29, 0.717) is 12.2 Å². The van der Waals surface area contributed by atoms with Gasteiger partial charge in [-0.3, -0.25) is 0 Å². The lowest BCUT2D eigenvalue weighted by molar-refractivity contribution is 0.573. The molecule has 0 saturated heterocycles. The maximum absolute atomic E-state index is 13.8. The summed E-state index contributed by atoms with van der Waals surface area (Å²) < 4.78 is 13.8. The molecule has 2 nitrogen and oxygen atoms in total. The molecule has 106 valence electrons. The molecule has 0 radical (unpaired) electrons. The number of halogens is 1. The van der Waals surface area contributed by atoms with Crippen molar-refractivity contribution in [1.29, 1.82) is 0 Å². The second kappa shape index (κ2) is 6.53. The molecule has 0 aromatic heterocycles. The zero-order valence-electron chi connectivity index (χ0n) is 12.2. The maximum Gasteiger partial charge on any atom is 0.146 e. The predicted molar refractivity (Wildman–Crippen MR) is 82.6 cm³/mol. The molecule has 0 aliphatic rings. The standard InChI is InChI=1S/C17H21FN2/c1-13-8-4-5-9-14(13)16(19-2)12-20(3)17-11-7-6-10-15(17)18/h4-11,16,19H,12H2,1-3H3. The first-order chi connectivity index (χ1) is 9.63. The van der Waals surface area contributed by atoms with Crippen molar-refractivity contribution >= 4 is 5.69 Å². The second-order valence-corrected chi connectivity index (χ2v) is 5.03. The van der Waals surface area contributed by atoms with Crippen LogP contribution in [0.5, 0.6) is 0 Å². The minimum absolute atomic E-state index is 0.167. The van der Waals surface area contributed by atoms with Crippen molar-refractivity contribution in [1.82, 2.24) is 5.32 Å². The highest BCUT2D eigenvalue weighted by atomic mass is 19.1. The molecule has 3 heteroatoms. The summed E-state index contributed by atoms with van der Waals surface area (Å²) in [6, 6.07) is 15.3. The molecule has 20 heavy (non-hydrogen) atoms. The number of nitrogens with zero attached hydrogens (tertiary/aromatic N) is 1. The van der Waals surface area contributed by atoms with E-state index in [2.05, 4.69) is 24.4 Å². The average Bonchev–Trinajstić information content (AvgIpc) is 2.46. The highest BCUT2D eigenvalue weighted by Crippen LogP contribution is 2.22. The van der Waals surface area contributed by atoms with Gasteiger partial charge >= 0.3 is 0 Å². The molecule has 2 aromatic rings. The highest BCUT2D eigenvalue weighted by molar-refractivity contribution is 5.47. The topological polar surface area (TPSA) is 15.3 Å². The molecule has 0 saturated carbocycles. The second-order valence-electron chi connectivity index (χ2n) is 5.03. The zero-order valence-corrected chi connectivity index (χ0v) is 12.2. The number of anilines is 1. The SMILES string of the molecule is CNC(CN(C)c1ccccc1F)c1ccccc1C. The quantitative estimate of drug-likeness (QED) is 0.895. The molecule has 2 rings (SSSR count). The van der Waals surface area contributed by atoms with E-state index < -0.39 is 0 Å². The van der Waals surface area contributed by atoms with Gasteiger partial charge in [-0.1, -0.05) is 36.4 Å². The molecule has 1 atom stereocenters. The fraction of sp³-hybridized carbons (Fsp3) is 0.294. The van der Waals surface area contributed by atoms with Crippen molar-refractivity contribution in [2.75, 3.05) is 25.5 Å². The monoisotopic (exact) mass is 272 g/mol. The first-order valence-corrected chi connectivity index (χ1v) is 6.82. The number of nitrogens with one attached hydrogen (secondary N) is 1. The zero-order chi connectivity index (χ0) is 14.5. The van der Waals surface area contributed by atoms with Crippen LogP contribution in [0, 0.1) is 12.7 Å². The van der Waals surface area contributed by atoms with Crippen LogP contribution < -0.4 is 10.2 Å². The summed E-state index contributed by atoms with van der Waals surface area (Å²) >= 11 is 0. The minimum Gasteiger partial charge on any atom is -0.370 e. The molecule has 1 unspecified atom stereocenters. The van der Waals surface area contributed by atoms with E-state index in [0.717, 1.165) is 0 Å². The smallest absolute Gasteiger partial charge is 0.146 e. The largest absolute Gasteiger partial charge is 0.370 e. The number of benzene rings is 2. The Morgan fingerprint density at radius 3 is 2.40 bits per heavy atom. The van der Waals surface area contributed by atoms with Gasteiger partial charge in [-0.15, -0.1) is 0 Å². The fourth-order valence-electron chi connectivity index (χ4n) is 2.46. The molecular formula is C17H21FN2. The molecule has 1 N–H and O–H groups in total. The van der Waals surface area contributed by atoms with Gasteiger partial charge in [0, 0.05) is 19.6 Å². The summed E-state index contributed by atoms with van der Waals surface area (Å²) in [6.45, 7) is 2.81. The lowest BCUT2D eigenvalue weighted by Gasteiger charge is -2.27. The average molecular weight is 272 g/mol. The summed E-state index contributed by atoms with van der Waals surface area (Å²) in [5.74, 6) is -0.186. The number of likely N-dealkylation sites (N-methyl/N-ethyl adjacent to an activating group) is 2. The van der Waals surface area contributed by atoms with Crippen LogP contribution in [0.2, 0.25) is 0 Å². The Bertz CT molecular complexity index is 568. The first-order valence-electron chi connectivity index (χ1n) is 6.82. The van der Waals surface area contributed by atoms with E-state index >= 15 is 0 Å². The van der Waals surface area contributed by atoms with E-state index in [4.69, 9.17) is 0 Å². The van der Waals surface area contributed by atoms with Crippen LogP contribution in [-0.4, -0.2) is 20.6 Å². The molecule has 0 aliphatic carbocycles. The Labute approximate surface area is 120 Å². The Hall–Kier alpha value is -1.87. The third kappa shape index (κ3) is 3.17. The molecular weight excluding hydrogens is 251 g/mol. The third-order valence-electron chi connectivity index (χ3n) is 3.63. The Kier molecular flexibility index (Phi) is 4.74. The summed E-state index contributed by atoms with van der Waals surface area (Å²) in [6.07, 6.45) is 0. The lowest BCUT2D eigenvalue weighted by atomic mass is 10.0. The fourth-order valence-corrected chi connectivity index (χ4v) is 2.46. The first kappa shape index (κ1) is 14.5. The summed E-state index contributed by atoms with van der Waals surface area (Å²) in [7, 11) is 3.85. The van der Waals surface area contributed by atoms with Crippen LogP contribution >= 0.6 is 0 Å². The van der Waals surface area contributed by atoms with Crippen molar-refractivity contribution in [2.45, 2.75) is 13.0 Å². The summed E-state index contributed by atoms with van der Waals surface area (Å²) in [4.78, 5) is 1.95. The Morgan fingerprint density at radius 2 is 1.75 bits per heavy atom. The molecule has 0 spiro atoms. The minimum atomic E-state index is -0.186. The van der Waals surface area contributed by atoms with Gasteiger partial charge in [0.25, 0.3) is 0 Å². The molecule has 2 aromatic carbocycles. The van der Waals surface area contributed by atoms with E-state index in [1.807, 2.05) is 37.2 Å². The van der Waals surface area contributed by atoms with Gasteiger partial charge in [0.1, 0.15) is 5.82 Å². The normalized spacial score (nSPS) is 12.2. The van der Waals surface area contributed by atoms with Gasteiger partial charge in [-0.2, -0.15) is 0 Å². The van der Waals surface area contributed by atoms with Crippen LogP contribution in [0.25, 0.3) is 0 Å². The molecule has 0 heterocycles. The van der Waals surface area contributed by atoms with Gasteiger partial charge in [-0.25, -0.2) is 4.39 Å². The number of aryl methyl sites for hydroxylation is 1. The predicted octanol–water partition coefficient (Wildman–Crippen LogP) is 3.53. The summed E-state index contributed by atoms with van der Waals surface area (Å²) in [5.41, 5.74) is 3.12. The number of para-hydroxylation sites is 1. The van der Waals surface area contributed by atoms with E-state index in [1.165, 1.54) is 17.2 Å². The molecule has 0 fully saturated rings. The van der Waals surface area contributed by atoms with Crippen LogP contribution in [0.15, 0.2) is 48.5 Å². The number of rotatable bonds is 5. The Balaban J connectivity index is 2.19. The maximum atomic E-state index is 13.8. The number of hydrogen-bond donors (Lipinski definition) is 1. The van der Waals surface area contributed by atoms with Gasteiger partial charge in [0.15, 0.2) is 0 Å². The lowest BCUT2D eigenvalue weighted by Crippen LogP contribution is -2.32. The van der Waals surface area contributed by atoms with Crippen LogP contribution in [0.4, 0.5) is 10.1 Å². The number of hydrogen-bond acceptors (Lipinski definition) is 2. The van der Waals surface area contributed by atoms with E-state index in [1.54, 1.807) is 12.1 Å². The van der Waals surface area contributed by atoms with Crippen LogP contribution in [0.3, 0.4) is 0 Å². The van der Waals surface area contributed by atoms with E-state index in [-0.39, 0.29) is 11.9 Å². The van der Waals surface area contributed by atoms with Crippen molar-refractivity contribution in [3.05, 3.63) is 65.5 Å². The van der Waals surface area contributed by atoms with Crippen molar-refractivity contribution in [3.8, 4) is 0 Å². The Morgan fingerprint density at radius 1 is 1.10 bits per heavy atom. The highest BCUT2D eigenvalue weighted by Gasteiger charge is 2.15. The van der Waals surface area contributed by atoms with Gasteiger partial charge in [0.2, 0.25) is 0 Å². The van der Waals surface area contributed by atoms with Gasteiger partial charge < -0.3 is 10.2 Å². The van der Waals surface area contributed by atoms with Crippen molar-refractivity contribution in [3.63, 3.8) is 0 Å². The van der Waals surface area contributed by atoms with Crippen LogP contribution in [-0.2, 0) is 0 Å².